The molecule has 0 bridgehead atoms. The topological polar surface area (TPSA) is 50.4 Å². The van der Waals surface area contributed by atoms with Crippen molar-refractivity contribution in [3.63, 3.8) is 0 Å². The maximum Gasteiger partial charge on any atom is 0.184 e. The van der Waals surface area contributed by atoms with Gasteiger partial charge in [-0.1, -0.05) is 61.5 Å². The highest BCUT2D eigenvalue weighted by atomic mass is 35.5. The van der Waals surface area contributed by atoms with Gasteiger partial charge in [-0.2, -0.15) is 5.10 Å². The second-order valence-electron chi connectivity index (χ2n) is 4.90. The summed E-state index contributed by atoms with van der Waals surface area (Å²) in [5.74, 6) is 0. The summed E-state index contributed by atoms with van der Waals surface area (Å²) in [4.78, 5) is 0. The number of hydrazone groups is 1. The molecule has 0 saturated carbocycles. The zero-order valence-electron chi connectivity index (χ0n) is 12.6. The van der Waals surface area contributed by atoms with Crippen LogP contribution in [0.2, 0.25) is 10.0 Å². The monoisotopic (exact) mass is 357 g/mol. The van der Waals surface area contributed by atoms with E-state index in [-0.39, 0.29) is 5.11 Å². The fourth-order valence-corrected chi connectivity index (χ4v) is 2.20. The van der Waals surface area contributed by atoms with Crippen molar-refractivity contribution < 1.29 is 0 Å². The SMILES string of the molecule is CCCCCCC(/C=C\c1ccc(Cl)c(Cl)c1)=N/NC(N)=S. The van der Waals surface area contributed by atoms with Crippen molar-refractivity contribution in [2.45, 2.75) is 39.0 Å². The van der Waals surface area contributed by atoms with Crippen molar-refractivity contribution in [1.29, 1.82) is 0 Å². The Labute approximate surface area is 147 Å². The molecule has 1 aromatic carbocycles. The van der Waals surface area contributed by atoms with E-state index in [2.05, 4.69) is 17.5 Å². The van der Waals surface area contributed by atoms with E-state index in [9.17, 15) is 0 Å². The third kappa shape index (κ3) is 7.78. The van der Waals surface area contributed by atoms with Crippen molar-refractivity contribution in [3.05, 3.63) is 39.9 Å². The van der Waals surface area contributed by atoms with Gasteiger partial charge in [-0.25, -0.2) is 0 Å². The number of thiocarbonyl (C=S) groups is 1. The Hall–Kier alpha value is -1.10. The van der Waals surface area contributed by atoms with Crippen LogP contribution in [0.25, 0.3) is 6.08 Å². The number of benzene rings is 1. The van der Waals surface area contributed by atoms with Crippen LogP contribution in [-0.4, -0.2) is 10.8 Å². The molecule has 120 valence electrons. The van der Waals surface area contributed by atoms with Crippen molar-refractivity contribution in [2.24, 2.45) is 10.8 Å². The molecule has 22 heavy (non-hydrogen) atoms. The average molecular weight is 358 g/mol. The van der Waals surface area contributed by atoms with Crippen LogP contribution < -0.4 is 11.2 Å². The summed E-state index contributed by atoms with van der Waals surface area (Å²) >= 11 is 16.7. The largest absolute Gasteiger partial charge is 0.375 e. The van der Waals surface area contributed by atoms with Gasteiger partial charge in [0.25, 0.3) is 0 Å². The first-order valence-corrected chi connectivity index (χ1v) is 8.44. The standard InChI is InChI=1S/C16H21Cl2N3S/c1-2-3-4-5-6-13(20-21-16(19)22)9-7-12-8-10-14(17)15(18)11-12/h7-11H,2-6H2,1H3,(H3,19,21,22)/b9-7-,20-13-. The maximum absolute atomic E-state index is 6.01. The molecule has 0 aliphatic carbocycles. The molecule has 0 spiro atoms. The average Bonchev–Trinajstić information content (AvgIpc) is 2.48. The van der Waals surface area contributed by atoms with Crippen LogP contribution in [0.3, 0.4) is 0 Å². The van der Waals surface area contributed by atoms with Gasteiger partial charge in [0.15, 0.2) is 5.11 Å². The summed E-state index contributed by atoms with van der Waals surface area (Å²) in [5.41, 5.74) is 9.92. The first kappa shape index (κ1) is 18.9. The molecule has 1 aromatic rings. The highest BCUT2D eigenvalue weighted by molar-refractivity contribution is 7.80. The summed E-state index contributed by atoms with van der Waals surface area (Å²) in [6.45, 7) is 2.19. The summed E-state index contributed by atoms with van der Waals surface area (Å²) in [6.07, 6.45) is 9.45. The second-order valence-corrected chi connectivity index (χ2v) is 6.15. The minimum absolute atomic E-state index is 0.161. The third-order valence-corrected chi connectivity index (χ3v) is 3.84. The van der Waals surface area contributed by atoms with Crippen LogP contribution in [0.1, 0.15) is 44.6 Å². The van der Waals surface area contributed by atoms with Crippen molar-refractivity contribution in [1.82, 2.24) is 5.43 Å². The smallest absolute Gasteiger partial charge is 0.184 e. The number of allylic oxidation sites excluding steroid dienone is 1. The quantitative estimate of drug-likeness (QED) is 0.292. The summed E-state index contributed by atoms with van der Waals surface area (Å²) < 4.78 is 0. The first-order chi connectivity index (χ1) is 10.5. The number of hydrogen-bond donors (Lipinski definition) is 2. The second kappa shape index (κ2) is 10.6. The van der Waals surface area contributed by atoms with Crippen molar-refractivity contribution >= 4 is 52.3 Å². The van der Waals surface area contributed by atoms with Crippen LogP contribution in [0.5, 0.6) is 0 Å². The van der Waals surface area contributed by atoms with E-state index >= 15 is 0 Å². The molecule has 0 radical (unpaired) electrons. The molecule has 3 N–H and O–H groups in total. The minimum atomic E-state index is 0.161. The Morgan fingerprint density at radius 3 is 2.68 bits per heavy atom. The van der Waals surface area contributed by atoms with Crippen LogP contribution >= 0.6 is 35.4 Å². The van der Waals surface area contributed by atoms with Gasteiger partial charge in [0.2, 0.25) is 0 Å². The third-order valence-electron chi connectivity index (χ3n) is 3.01. The Morgan fingerprint density at radius 2 is 2.05 bits per heavy atom. The van der Waals surface area contributed by atoms with Gasteiger partial charge in [-0.05, 0) is 48.8 Å². The lowest BCUT2D eigenvalue weighted by atomic mass is 10.1. The maximum atomic E-state index is 6.01. The molecule has 0 aliphatic rings. The molecular formula is C16H21Cl2N3S. The molecule has 0 saturated heterocycles. The van der Waals surface area contributed by atoms with Crippen LogP contribution in [-0.2, 0) is 0 Å². The van der Waals surface area contributed by atoms with Gasteiger partial charge in [0.1, 0.15) is 0 Å². The van der Waals surface area contributed by atoms with Crippen molar-refractivity contribution in [3.8, 4) is 0 Å². The van der Waals surface area contributed by atoms with E-state index in [1.54, 1.807) is 6.07 Å². The van der Waals surface area contributed by atoms with Gasteiger partial charge in [-0.3, -0.25) is 5.43 Å². The summed E-state index contributed by atoms with van der Waals surface area (Å²) in [6, 6.07) is 5.49. The molecule has 3 nitrogen and oxygen atoms in total. The molecule has 0 aliphatic heterocycles. The van der Waals surface area contributed by atoms with E-state index in [1.165, 1.54) is 19.3 Å². The van der Waals surface area contributed by atoms with Gasteiger partial charge in [0.05, 0.1) is 15.8 Å². The van der Waals surface area contributed by atoms with Crippen molar-refractivity contribution in [2.75, 3.05) is 0 Å². The Bertz CT molecular complexity index is 556. The highest BCUT2D eigenvalue weighted by Gasteiger charge is 1.99. The predicted octanol–water partition coefficient (Wildman–Crippen LogP) is 5.17. The number of hydrogen-bond acceptors (Lipinski definition) is 2. The zero-order chi connectivity index (χ0) is 16.4. The number of nitrogens with one attached hydrogen (secondary N) is 1. The zero-order valence-corrected chi connectivity index (χ0v) is 14.9. The summed E-state index contributed by atoms with van der Waals surface area (Å²) in [5, 5.41) is 5.47. The number of nitrogens with zero attached hydrogens (tertiary/aromatic N) is 1. The molecule has 0 aromatic heterocycles. The lowest BCUT2D eigenvalue weighted by Gasteiger charge is -2.03. The Morgan fingerprint density at radius 1 is 1.27 bits per heavy atom. The molecule has 1 rings (SSSR count). The molecule has 0 unspecified atom stereocenters. The Kier molecular flexibility index (Phi) is 9.13. The van der Waals surface area contributed by atoms with Crippen LogP contribution in [0.15, 0.2) is 29.4 Å². The van der Waals surface area contributed by atoms with E-state index in [1.807, 2.05) is 24.3 Å². The van der Waals surface area contributed by atoms with E-state index in [0.717, 1.165) is 24.1 Å². The number of unbranched alkanes of at least 4 members (excludes halogenated alkanes) is 3. The van der Waals surface area contributed by atoms with Gasteiger partial charge in [-0.15, -0.1) is 0 Å². The molecule has 0 amide bonds. The fourth-order valence-electron chi connectivity index (χ4n) is 1.84. The molecule has 6 heteroatoms. The fraction of sp³-hybridized carbons (Fsp3) is 0.375. The highest BCUT2D eigenvalue weighted by Crippen LogP contribution is 2.23. The first-order valence-electron chi connectivity index (χ1n) is 7.28. The number of rotatable bonds is 8. The van der Waals surface area contributed by atoms with Gasteiger partial charge < -0.3 is 5.73 Å². The van der Waals surface area contributed by atoms with E-state index < -0.39 is 0 Å². The molecule has 0 atom stereocenters. The van der Waals surface area contributed by atoms with E-state index in [0.29, 0.717) is 10.0 Å². The lowest BCUT2D eigenvalue weighted by Crippen LogP contribution is -2.25. The van der Waals surface area contributed by atoms with Crippen LogP contribution in [0, 0.1) is 0 Å². The van der Waals surface area contributed by atoms with Gasteiger partial charge >= 0.3 is 0 Å². The lowest BCUT2D eigenvalue weighted by molar-refractivity contribution is 0.682. The normalized spacial score (nSPS) is 11.9. The van der Waals surface area contributed by atoms with Crippen LogP contribution in [0.4, 0.5) is 0 Å². The molecular weight excluding hydrogens is 337 g/mol. The van der Waals surface area contributed by atoms with E-state index in [4.69, 9.17) is 41.2 Å². The summed E-state index contributed by atoms with van der Waals surface area (Å²) in [7, 11) is 0. The minimum Gasteiger partial charge on any atom is -0.375 e. The molecule has 0 fully saturated rings. The number of nitrogens with two attached hydrogens (primary N) is 1. The number of halogens is 2. The van der Waals surface area contributed by atoms with Gasteiger partial charge in [0, 0.05) is 0 Å². The predicted molar refractivity (Wildman–Crippen MR) is 102 cm³/mol. The Balaban J connectivity index is 2.72. The molecule has 0 heterocycles.